The fraction of sp³-hybridized carbons (Fsp3) is 0.217. The van der Waals surface area contributed by atoms with Gasteiger partial charge in [0, 0.05) is 22.5 Å². The molecule has 0 atom stereocenters. The Balaban J connectivity index is 1.66. The van der Waals surface area contributed by atoms with E-state index in [4.69, 9.17) is 16.7 Å². The highest BCUT2D eigenvalue weighted by Gasteiger charge is 2.20. The van der Waals surface area contributed by atoms with E-state index in [0.29, 0.717) is 34.5 Å². The first-order chi connectivity index (χ1) is 15.2. The number of halogens is 1. The summed E-state index contributed by atoms with van der Waals surface area (Å²) in [5.41, 5.74) is 2.91. The number of nitrogens with zero attached hydrogens (tertiary/aromatic N) is 2. The Labute approximate surface area is 194 Å². The Hall–Kier alpha value is -2.68. The maximum atomic E-state index is 13.3. The number of aryl methyl sites for hydroxylation is 2. The number of benzene rings is 2. The second-order valence-electron chi connectivity index (χ2n) is 7.46. The Morgan fingerprint density at radius 2 is 2.06 bits per heavy atom. The van der Waals surface area contributed by atoms with Crippen LogP contribution in [-0.2, 0) is 21.2 Å². The van der Waals surface area contributed by atoms with Gasteiger partial charge in [-0.2, -0.15) is 0 Å². The number of hydrogen-bond acceptors (Lipinski definition) is 5. The SMILES string of the molecule is Cc1nc2cccc(C=CCS(=O)(=O)n3c(CCCC(=O)O)cc4cc(Cl)ccc43)c2s1. The minimum atomic E-state index is -3.73. The molecule has 0 bridgehead atoms. The zero-order valence-corrected chi connectivity index (χ0v) is 19.7. The summed E-state index contributed by atoms with van der Waals surface area (Å²) in [5.74, 6) is -1.10. The van der Waals surface area contributed by atoms with Crippen molar-refractivity contribution in [2.24, 2.45) is 0 Å². The fourth-order valence-corrected chi connectivity index (χ4v) is 6.27. The van der Waals surface area contributed by atoms with E-state index < -0.39 is 16.0 Å². The van der Waals surface area contributed by atoms with E-state index in [1.165, 1.54) is 3.97 Å². The molecule has 0 saturated heterocycles. The van der Waals surface area contributed by atoms with Gasteiger partial charge in [-0.15, -0.1) is 11.3 Å². The van der Waals surface area contributed by atoms with Crippen molar-refractivity contribution in [2.75, 3.05) is 5.75 Å². The molecule has 1 N–H and O–H groups in total. The van der Waals surface area contributed by atoms with Crippen LogP contribution in [0.1, 0.15) is 29.1 Å². The van der Waals surface area contributed by atoms with Gasteiger partial charge in [-0.25, -0.2) is 17.4 Å². The molecule has 0 amide bonds. The van der Waals surface area contributed by atoms with Crippen LogP contribution in [0.4, 0.5) is 0 Å². The van der Waals surface area contributed by atoms with Crippen molar-refractivity contribution in [3.63, 3.8) is 0 Å². The number of fused-ring (bicyclic) bond motifs is 2. The summed E-state index contributed by atoms with van der Waals surface area (Å²) in [6.07, 6.45) is 4.10. The molecule has 0 aliphatic carbocycles. The number of aliphatic carboxylic acids is 1. The Morgan fingerprint density at radius 1 is 1.25 bits per heavy atom. The van der Waals surface area contributed by atoms with Gasteiger partial charge in [0.2, 0.25) is 10.0 Å². The first kappa shape index (κ1) is 22.5. The summed E-state index contributed by atoms with van der Waals surface area (Å²) in [6.45, 7) is 1.94. The Kier molecular flexibility index (Phi) is 6.37. The van der Waals surface area contributed by atoms with Crippen molar-refractivity contribution < 1.29 is 18.3 Å². The summed E-state index contributed by atoms with van der Waals surface area (Å²) < 4.78 is 29.0. The van der Waals surface area contributed by atoms with Crippen LogP contribution in [0, 0.1) is 6.92 Å². The van der Waals surface area contributed by atoms with E-state index in [0.717, 1.165) is 20.8 Å². The predicted molar refractivity (Wildman–Crippen MR) is 130 cm³/mol. The van der Waals surface area contributed by atoms with E-state index in [2.05, 4.69) is 4.98 Å². The molecule has 0 saturated carbocycles. The quantitative estimate of drug-likeness (QED) is 0.353. The van der Waals surface area contributed by atoms with Gasteiger partial charge in [-0.3, -0.25) is 4.79 Å². The van der Waals surface area contributed by atoms with Gasteiger partial charge >= 0.3 is 5.97 Å². The monoisotopic (exact) mass is 488 g/mol. The zero-order chi connectivity index (χ0) is 22.9. The third-order valence-corrected chi connectivity index (χ3v) is 7.92. The van der Waals surface area contributed by atoms with Crippen LogP contribution in [0.15, 0.2) is 48.5 Å². The smallest absolute Gasteiger partial charge is 0.303 e. The molecule has 0 unspecified atom stereocenters. The van der Waals surface area contributed by atoms with E-state index in [9.17, 15) is 13.2 Å². The van der Waals surface area contributed by atoms with Crippen LogP contribution in [0.5, 0.6) is 0 Å². The average Bonchev–Trinajstić information content (AvgIpc) is 3.27. The maximum absolute atomic E-state index is 13.3. The highest BCUT2D eigenvalue weighted by molar-refractivity contribution is 7.90. The first-order valence-corrected chi connectivity index (χ1v) is 12.8. The lowest BCUT2D eigenvalue weighted by molar-refractivity contribution is -0.137. The number of rotatable bonds is 8. The fourth-order valence-electron chi connectivity index (χ4n) is 3.73. The molecule has 0 spiro atoms. The van der Waals surface area contributed by atoms with Crippen molar-refractivity contribution in [3.8, 4) is 0 Å². The summed E-state index contributed by atoms with van der Waals surface area (Å²) in [6, 6.07) is 12.6. The maximum Gasteiger partial charge on any atom is 0.303 e. The van der Waals surface area contributed by atoms with Crippen LogP contribution in [0.25, 0.3) is 27.2 Å². The third-order valence-electron chi connectivity index (χ3n) is 5.05. The Morgan fingerprint density at radius 3 is 2.84 bits per heavy atom. The van der Waals surface area contributed by atoms with Gasteiger partial charge in [0.05, 0.1) is 26.5 Å². The average molecular weight is 489 g/mol. The van der Waals surface area contributed by atoms with Crippen LogP contribution in [0.3, 0.4) is 0 Å². The molecule has 0 fully saturated rings. The minimum Gasteiger partial charge on any atom is -0.481 e. The summed E-state index contributed by atoms with van der Waals surface area (Å²) >= 11 is 7.66. The largest absolute Gasteiger partial charge is 0.481 e. The van der Waals surface area contributed by atoms with E-state index in [1.807, 2.05) is 31.2 Å². The molecule has 9 heteroatoms. The molecule has 32 heavy (non-hydrogen) atoms. The van der Waals surface area contributed by atoms with E-state index in [-0.39, 0.29) is 12.2 Å². The molecular formula is C23H21ClN2O4S2. The van der Waals surface area contributed by atoms with E-state index in [1.54, 1.807) is 41.7 Å². The first-order valence-electron chi connectivity index (χ1n) is 10.0. The van der Waals surface area contributed by atoms with Crippen molar-refractivity contribution >= 4 is 66.1 Å². The van der Waals surface area contributed by atoms with Gasteiger partial charge < -0.3 is 5.11 Å². The molecule has 6 nitrogen and oxygen atoms in total. The second-order valence-corrected chi connectivity index (χ2v) is 11.0. The topological polar surface area (TPSA) is 89.3 Å². The zero-order valence-electron chi connectivity index (χ0n) is 17.3. The third kappa shape index (κ3) is 4.72. The van der Waals surface area contributed by atoms with E-state index >= 15 is 0 Å². The van der Waals surface area contributed by atoms with Crippen LogP contribution in [-0.4, -0.2) is 34.2 Å². The van der Waals surface area contributed by atoms with Crippen LogP contribution < -0.4 is 0 Å². The molecule has 4 rings (SSSR count). The van der Waals surface area contributed by atoms with Gasteiger partial charge in [0.1, 0.15) is 0 Å². The molecule has 0 aliphatic heterocycles. The van der Waals surface area contributed by atoms with Crippen molar-refractivity contribution in [1.29, 1.82) is 0 Å². The molecule has 2 heterocycles. The summed E-state index contributed by atoms with van der Waals surface area (Å²) in [5, 5.41) is 11.1. The lowest BCUT2D eigenvalue weighted by atomic mass is 10.2. The lowest BCUT2D eigenvalue weighted by Gasteiger charge is -2.10. The molecule has 2 aromatic heterocycles. The summed E-state index contributed by atoms with van der Waals surface area (Å²) in [4.78, 5) is 15.4. The molecule has 166 valence electrons. The van der Waals surface area contributed by atoms with Gasteiger partial charge in [0.15, 0.2) is 0 Å². The molecule has 4 aromatic rings. The number of thiazole rings is 1. The van der Waals surface area contributed by atoms with Crippen LogP contribution >= 0.6 is 22.9 Å². The highest BCUT2D eigenvalue weighted by Crippen LogP contribution is 2.28. The van der Waals surface area contributed by atoms with Gasteiger partial charge in [-0.1, -0.05) is 35.9 Å². The number of carboxylic acids is 1. The van der Waals surface area contributed by atoms with Crippen molar-refractivity contribution in [3.05, 3.63) is 69.8 Å². The number of aromatic nitrogens is 2. The number of carboxylic acid groups (broad SMARTS) is 1. The van der Waals surface area contributed by atoms with Crippen molar-refractivity contribution in [1.82, 2.24) is 8.96 Å². The predicted octanol–water partition coefficient (Wildman–Crippen LogP) is 5.51. The number of carbonyl (C=O) groups is 1. The molecule has 0 radical (unpaired) electrons. The van der Waals surface area contributed by atoms with Gasteiger partial charge in [-0.05, 0) is 55.7 Å². The van der Waals surface area contributed by atoms with Gasteiger partial charge in [0.25, 0.3) is 0 Å². The molecule has 0 aliphatic rings. The lowest BCUT2D eigenvalue weighted by Crippen LogP contribution is -2.18. The standard InChI is InChI=1S/C23H21ClN2O4S2/c1-15-25-20-8-2-5-16(23(20)31-15)6-4-12-32(29,30)26-19(7-3-9-22(27)28)14-17-13-18(24)10-11-21(17)26/h2,4-6,8,10-11,13-14H,3,7,9,12H2,1H3,(H,27,28). The van der Waals surface area contributed by atoms with Crippen molar-refractivity contribution in [2.45, 2.75) is 26.2 Å². The second kappa shape index (κ2) is 9.05. The molecular weight excluding hydrogens is 468 g/mol. The normalized spacial score (nSPS) is 12.3. The summed E-state index contributed by atoms with van der Waals surface area (Å²) in [7, 11) is -3.73. The number of hydrogen-bond donors (Lipinski definition) is 1. The highest BCUT2D eigenvalue weighted by atomic mass is 35.5. The minimum absolute atomic E-state index is 0.0273. The Bertz CT molecular complexity index is 1450. The van der Waals surface area contributed by atoms with Crippen LogP contribution in [0.2, 0.25) is 5.02 Å². The molecule has 2 aromatic carbocycles.